The summed E-state index contributed by atoms with van der Waals surface area (Å²) in [4.78, 5) is 0. The van der Waals surface area contributed by atoms with Gasteiger partial charge in [-0.15, -0.1) is 5.92 Å². The van der Waals surface area contributed by atoms with Crippen molar-refractivity contribution in [3.8, 4) is 23.3 Å². The Morgan fingerprint density at radius 3 is 2.69 bits per heavy atom. The predicted octanol–water partition coefficient (Wildman–Crippen LogP) is 2.15. The lowest BCUT2D eigenvalue weighted by atomic mass is 10.1. The molecule has 86 valence electrons. The molecule has 1 atom stereocenters. The van der Waals surface area contributed by atoms with Crippen LogP contribution in [0.5, 0.6) is 11.5 Å². The van der Waals surface area contributed by atoms with E-state index in [1.807, 2.05) is 6.07 Å². The van der Waals surface area contributed by atoms with Crippen molar-refractivity contribution in [1.82, 2.24) is 0 Å². The van der Waals surface area contributed by atoms with Gasteiger partial charge in [0.25, 0.3) is 0 Å². The van der Waals surface area contributed by atoms with Gasteiger partial charge in [0.05, 0.1) is 13.2 Å². The Morgan fingerprint density at radius 2 is 2.12 bits per heavy atom. The number of aliphatic hydroxyl groups excluding tert-OH is 1. The summed E-state index contributed by atoms with van der Waals surface area (Å²) in [5.41, 5.74) is 0.797. The lowest BCUT2D eigenvalue weighted by Gasteiger charge is -2.11. The summed E-state index contributed by atoms with van der Waals surface area (Å²) in [6.07, 6.45) is -0.515. The first-order valence-corrected chi connectivity index (χ1v) is 5.07. The van der Waals surface area contributed by atoms with Crippen LogP contribution in [0.3, 0.4) is 0 Å². The highest BCUT2D eigenvalue weighted by atomic mass is 16.5. The van der Waals surface area contributed by atoms with E-state index in [1.165, 1.54) is 0 Å². The SMILES string of the molecule is CC#CCOc1ccc([C@@H](C)O)cc1OC. The number of hydrogen-bond acceptors (Lipinski definition) is 3. The molecule has 1 aromatic carbocycles. The average Bonchev–Trinajstić information content (AvgIpc) is 2.29. The van der Waals surface area contributed by atoms with E-state index in [0.29, 0.717) is 18.1 Å². The Hall–Kier alpha value is -1.66. The Morgan fingerprint density at radius 1 is 1.38 bits per heavy atom. The van der Waals surface area contributed by atoms with Gasteiger partial charge in [0.1, 0.15) is 6.61 Å². The molecule has 0 amide bonds. The van der Waals surface area contributed by atoms with Crippen LogP contribution in [-0.2, 0) is 0 Å². The average molecular weight is 220 g/mol. The van der Waals surface area contributed by atoms with Crippen molar-refractivity contribution in [2.75, 3.05) is 13.7 Å². The number of methoxy groups -OCH3 is 1. The molecule has 1 N–H and O–H groups in total. The van der Waals surface area contributed by atoms with E-state index in [9.17, 15) is 5.11 Å². The summed E-state index contributed by atoms with van der Waals surface area (Å²) >= 11 is 0. The maximum atomic E-state index is 9.43. The van der Waals surface area contributed by atoms with E-state index in [1.54, 1.807) is 33.1 Å². The normalized spacial score (nSPS) is 11.2. The van der Waals surface area contributed by atoms with Crippen LogP contribution in [0.4, 0.5) is 0 Å². The highest BCUT2D eigenvalue weighted by molar-refractivity contribution is 5.43. The molecule has 0 aliphatic heterocycles. The molecule has 0 bridgehead atoms. The quantitative estimate of drug-likeness (QED) is 0.790. The molecule has 1 aromatic rings. The summed E-state index contributed by atoms with van der Waals surface area (Å²) in [5, 5.41) is 9.43. The van der Waals surface area contributed by atoms with Crippen LogP contribution in [0.15, 0.2) is 18.2 Å². The third-order valence-electron chi connectivity index (χ3n) is 2.15. The Kier molecular flexibility index (Phi) is 4.68. The summed E-state index contributed by atoms with van der Waals surface area (Å²) in [5.74, 6) is 6.80. The van der Waals surface area contributed by atoms with Crippen LogP contribution in [0.25, 0.3) is 0 Å². The highest BCUT2D eigenvalue weighted by Gasteiger charge is 2.08. The molecule has 0 saturated heterocycles. The third kappa shape index (κ3) is 3.18. The van der Waals surface area contributed by atoms with Gasteiger partial charge in [-0.3, -0.25) is 0 Å². The van der Waals surface area contributed by atoms with Gasteiger partial charge >= 0.3 is 0 Å². The zero-order valence-corrected chi connectivity index (χ0v) is 9.78. The Balaban J connectivity index is 2.87. The lowest BCUT2D eigenvalue weighted by molar-refractivity contribution is 0.198. The van der Waals surface area contributed by atoms with Gasteiger partial charge in [-0.25, -0.2) is 0 Å². The largest absolute Gasteiger partial charge is 0.493 e. The molecular weight excluding hydrogens is 204 g/mol. The first-order valence-electron chi connectivity index (χ1n) is 5.07. The van der Waals surface area contributed by atoms with Crippen LogP contribution in [0.2, 0.25) is 0 Å². The zero-order chi connectivity index (χ0) is 12.0. The fraction of sp³-hybridized carbons (Fsp3) is 0.385. The molecule has 0 aliphatic rings. The minimum atomic E-state index is -0.515. The molecule has 0 heterocycles. The lowest BCUT2D eigenvalue weighted by Crippen LogP contribution is -1.99. The molecule has 0 aromatic heterocycles. The standard InChI is InChI=1S/C13H16O3/c1-4-5-8-16-12-7-6-11(10(2)14)9-13(12)15-3/h6-7,9-10,14H,8H2,1-3H3/t10-/m1/s1. The van der Waals surface area contributed by atoms with Gasteiger partial charge in [-0.05, 0) is 31.5 Å². The van der Waals surface area contributed by atoms with Gasteiger partial charge in [0.15, 0.2) is 11.5 Å². The van der Waals surface area contributed by atoms with Gasteiger partial charge < -0.3 is 14.6 Å². The monoisotopic (exact) mass is 220 g/mol. The van der Waals surface area contributed by atoms with Gasteiger partial charge in [-0.2, -0.15) is 0 Å². The molecule has 3 heteroatoms. The molecule has 3 nitrogen and oxygen atoms in total. The van der Waals surface area contributed by atoms with Crippen LogP contribution in [0.1, 0.15) is 25.5 Å². The van der Waals surface area contributed by atoms with Crippen LogP contribution in [0, 0.1) is 11.8 Å². The van der Waals surface area contributed by atoms with Crippen LogP contribution in [-0.4, -0.2) is 18.8 Å². The maximum absolute atomic E-state index is 9.43. The number of ether oxygens (including phenoxy) is 2. The minimum absolute atomic E-state index is 0.334. The predicted molar refractivity (Wildman–Crippen MR) is 62.6 cm³/mol. The van der Waals surface area contributed by atoms with E-state index < -0.39 is 6.10 Å². The van der Waals surface area contributed by atoms with Gasteiger partial charge in [0.2, 0.25) is 0 Å². The highest BCUT2D eigenvalue weighted by Crippen LogP contribution is 2.30. The smallest absolute Gasteiger partial charge is 0.162 e. The molecule has 0 radical (unpaired) electrons. The van der Waals surface area contributed by atoms with E-state index in [-0.39, 0.29) is 0 Å². The third-order valence-corrected chi connectivity index (χ3v) is 2.15. The second-order valence-electron chi connectivity index (χ2n) is 3.30. The second kappa shape index (κ2) is 6.04. The van der Waals surface area contributed by atoms with Crippen molar-refractivity contribution in [2.45, 2.75) is 20.0 Å². The molecule has 0 aliphatic carbocycles. The van der Waals surface area contributed by atoms with Crippen molar-refractivity contribution in [3.05, 3.63) is 23.8 Å². The van der Waals surface area contributed by atoms with Crippen molar-refractivity contribution < 1.29 is 14.6 Å². The first-order chi connectivity index (χ1) is 7.69. The summed E-state index contributed by atoms with van der Waals surface area (Å²) in [7, 11) is 1.57. The van der Waals surface area contributed by atoms with Crippen molar-refractivity contribution in [1.29, 1.82) is 0 Å². The topological polar surface area (TPSA) is 38.7 Å². The fourth-order valence-corrected chi connectivity index (χ4v) is 1.25. The summed E-state index contributed by atoms with van der Waals surface area (Å²) in [6.45, 7) is 3.80. The fourth-order valence-electron chi connectivity index (χ4n) is 1.25. The maximum Gasteiger partial charge on any atom is 0.162 e. The molecular formula is C13H16O3. The molecule has 0 saturated carbocycles. The summed E-state index contributed by atoms with van der Waals surface area (Å²) in [6, 6.07) is 5.35. The zero-order valence-electron chi connectivity index (χ0n) is 9.78. The number of hydrogen-bond donors (Lipinski definition) is 1. The van der Waals surface area contributed by atoms with Crippen LogP contribution < -0.4 is 9.47 Å². The molecule has 0 unspecified atom stereocenters. The molecule has 16 heavy (non-hydrogen) atoms. The number of rotatable bonds is 4. The number of benzene rings is 1. The van der Waals surface area contributed by atoms with Crippen molar-refractivity contribution in [3.63, 3.8) is 0 Å². The van der Waals surface area contributed by atoms with Gasteiger partial charge in [-0.1, -0.05) is 12.0 Å². The van der Waals surface area contributed by atoms with E-state index >= 15 is 0 Å². The van der Waals surface area contributed by atoms with E-state index in [2.05, 4.69) is 11.8 Å². The van der Waals surface area contributed by atoms with Crippen molar-refractivity contribution >= 4 is 0 Å². The molecule has 1 rings (SSSR count). The second-order valence-corrected chi connectivity index (χ2v) is 3.30. The number of aliphatic hydroxyl groups is 1. The van der Waals surface area contributed by atoms with Crippen LogP contribution >= 0.6 is 0 Å². The van der Waals surface area contributed by atoms with E-state index in [0.717, 1.165) is 5.56 Å². The van der Waals surface area contributed by atoms with E-state index in [4.69, 9.17) is 9.47 Å². The Bertz CT molecular complexity index is 399. The van der Waals surface area contributed by atoms with Crippen molar-refractivity contribution in [2.24, 2.45) is 0 Å². The minimum Gasteiger partial charge on any atom is -0.493 e. The first kappa shape index (κ1) is 12.4. The molecule has 0 fully saturated rings. The Labute approximate surface area is 96.0 Å². The van der Waals surface area contributed by atoms with Gasteiger partial charge in [0, 0.05) is 0 Å². The summed E-state index contributed by atoms with van der Waals surface area (Å²) < 4.78 is 10.6. The molecule has 0 spiro atoms.